The van der Waals surface area contributed by atoms with Crippen molar-refractivity contribution in [1.29, 1.82) is 0 Å². The fourth-order valence-electron chi connectivity index (χ4n) is 3.43. The third-order valence-corrected chi connectivity index (χ3v) is 6.41. The van der Waals surface area contributed by atoms with E-state index >= 15 is 0 Å². The molecule has 1 aliphatic rings. The molecule has 3 heterocycles. The number of fused-ring (bicyclic) bond motifs is 1. The number of thioether (sulfide) groups is 1. The number of pyridine rings is 1. The maximum absolute atomic E-state index is 6.20. The van der Waals surface area contributed by atoms with E-state index in [0.29, 0.717) is 6.04 Å². The number of hydrogen-bond donors (Lipinski definition) is 1. The number of hydrogen-bond acceptors (Lipinski definition) is 4. The number of aryl methyl sites for hydroxylation is 2. The summed E-state index contributed by atoms with van der Waals surface area (Å²) in [7, 11) is 1.99. The molecule has 27 heavy (non-hydrogen) atoms. The van der Waals surface area contributed by atoms with Crippen LogP contribution in [0, 0.1) is 6.92 Å². The monoisotopic (exact) mass is 400 g/mol. The van der Waals surface area contributed by atoms with Crippen molar-refractivity contribution >= 4 is 29.2 Å². The number of aromatic nitrogens is 3. The number of benzene rings is 1. The average molecular weight is 401 g/mol. The summed E-state index contributed by atoms with van der Waals surface area (Å²) in [6.07, 6.45) is 1.82. The van der Waals surface area contributed by atoms with E-state index in [1.165, 1.54) is 16.7 Å². The molecule has 142 valence electrons. The molecule has 0 bridgehead atoms. The quantitative estimate of drug-likeness (QED) is 0.597. The third kappa shape index (κ3) is 3.71. The van der Waals surface area contributed by atoms with Crippen molar-refractivity contribution in [1.82, 2.24) is 14.8 Å². The lowest BCUT2D eigenvalue weighted by Gasteiger charge is -2.18. The molecule has 4 rings (SSSR count). The zero-order valence-corrected chi connectivity index (χ0v) is 16.6. The minimum Gasteiger partial charge on any atom is -0.367 e. The van der Waals surface area contributed by atoms with Crippen LogP contribution >= 0.6 is 23.4 Å². The first-order chi connectivity index (χ1) is 12.5. The average Bonchev–Trinajstić information content (AvgIpc) is 2.83. The van der Waals surface area contributed by atoms with E-state index in [-0.39, 0.29) is 12.7 Å². The van der Waals surface area contributed by atoms with Gasteiger partial charge in [-0.2, -0.15) is 5.10 Å². The van der Waals surface area contributed by atoms with E-state index in [1.54, 1.807) is 0 Å². The molecule has 0 radical (unpaired) electrons. The van der Waals surface area contributed by atoms with Crippen molar-refractivity contribution in [2.45, 2.75) is 32.6 Å². The molecule has 0 saturated carbocycles. The van der Waals surface area contributed by atoms with E-state index in [9.17, 15) is 0 Å². The summed E-state index contributed by atoms with van der Waals surface area (Å²) < 4.78 is 1.94. The summed E-state index contributed by atoms with van der Waals surface area (Å²) >= 11 is 8.14. The fourth-order valence-corrected chi connectivity index (χ4v) is 5.05. The Labute approximate surface area is 170 Å². The smallest absolute Gasteiger partial charge is 0.129 e. The second-order valence-electron chi connectivity index (χ2n) is 6.71. The normalized spacial score (nSPS) is 18.8. The largest absolute Gasteiger partial charge is 0.367 e. The molecule has 2 atom stereocenters. The van der Waals surface area contributed by atoms with E-state index < -0.39 is 0 Å². The van der Waals surface area contributed by atoms with Gasteiger partial charge in [0.25, 0.3) is 0 Å². The highest BCUT2D eigenvalue weighted by Gasteiger charge is 2.31. The van der Waals surface area contributed by atoms with Crippen LogP contribution in [0.2, 0.25) is 5.02 Å². The van der Waals surface area contributed by atoms with Crippen LogP contribution in [-0.2, 0) is 7.05 Å². The van der Waals surface area contributed by atoms with Gasteiger partial charge in [0.2, 0.25) is 0 Å². The van der Waals surface area contributed by atoms with Gasteiger partial charge in [-0.3, -0.25) is 9.67 Å². The molecule has 0 aliphatic carbocycles. The van der Waals surface area contributed by atoms with E-state index in [0.717, 1.165) is 28.0 Å². The Bertz CT molecular complexity index is 939. The molecule has 0 fully saturated rings. The standard InChI is InChI=1S/C20H21ClN4S.CH4/c1-12-10-14(21)7-8-15(12)19-17-18(16-6-4-5-9-22-16)24-25(3)20(17)23-13(2)11-26-19;/h4-10,13,19,23H,11H2,1-3H3;1H4. The summed E-state index contributed by atoms with van der Waals surface area (Å²) in [5, 5.41) is 9.41. The highest BCUT2D eigenvalue weighted by atomic mass is 35.5. The maximum Gasteiger partial charge on any atom is 0.129 e. The van der Waals surface area contributed by atoms with Crippen molar-refractivity contribution in [3.8, 4) is 11.4 Å². The van der Waals surface area contributed by atoms with Crippen LogP contribution in [0.25, 0.3) is 11.4 Å². The van der Waals surface area contributed by atoms with Crippen molar-refractivity contribution in [3.05, 3.63) is 64.3 Å². The topological polar surface area (TPSA) is 42.7 Å². The predicted octanol–water partition coefficient (Wildman–Crippen LogP) is 5.72. The molecule has 6 heteroatoms. The summed E-state index contributed by atoms with van der Waals surface area (Å²) in [4.78, 5) is 4.55. The maximum atomic E-state index is 6.20. The summed E-state index contributed by atoms with van der Waals surface area (Å²) in [6.45, 7) is 4.33. The van der Waals surface area contributed by atoms with Crippen LogP contribution < -0.4 is 5.32 Å². The highest BCUT2D eigenvalue weighted by molar-refractivity contribution is 7.99. The van der Waals surface area contributed by atoms with E-state index in [2.05, 4.69) is 30.2 Å². The van der Waals surface area contributed by atoms with Gasteiger partial charge in [-0.25, -0.2) is 0 Å². The molecule has 1 N–H and O–H groups in total. The van der Waals surface area contributed by atoms with Gasteiger partial charge in [-0.1, -0.05) is 31.2 Å². The van der Waals surface area contributed by atoms with Crippen molar-refractivity contribution in [3.63, 3.8) is 0 Å². The SMILES string of the molecule is C.Cc1cc(Cl)ccc1C1SCC(C)Nc2c1c(-c1ccccn1)nn2C. The van der Waals surface area contributed by atoms with Crippen LogP contribution in [0.5, 0.6) is 0 Å². The lowest BCUT2D eigenvalue weighted by molar-refractivity contribution is 0.757. The molecule has 1 aliphatic heterocycles. The molecule has 0 saturated heterocycles. The summed E-state index contributed by atoms with van der Waals surface area (Å²) in [6, 6.07) is 12.5. The summed E-state index contributed by atoms with van der Waals surface area (Å²) in [5.74, 6) is 2.09. The van der Waals surface area contributed by atoms with Gasteiger partial charge in [0, 0.05) is 35.6 Å². The molecule has 1 aromatic carbocycles. The Morgan fingerprint density at radius 3 is 2.78 bits per heavy atom. The van der Waals surface area contributed by atoms with Crippen LogP contribution in [0.4, 0.5) is 5.82 Å². The number of halogens is 1. The van der Waals surface area contributed by atoms with Crippen molar-refractivity contribution in [2.24, 2.45) is 7.05 Å². The van der Waals surface area contributed by atoms with Crippen molar-refractivity contribution < 1.29 is 0 Å². The lowest BCUT2D eigenvalue weighted by Crippen LogP contribution is -2.18. The van der Waals surface area contributed by atoms with Gasteiger partial charge in [-0.05, 0) is 49.2 Å². The van der Waals surface area contributed by atoms with Crippen LogP contribution in [0.3, 0.4) is 0 Å². The number of nitrogens with one attached hydrogen (secondary N) is 1. The molecule has 4 nitrogen and oxygen atoms in total. The van der Waals surface area contributed by atoms with Crippen LogP contribution in [0.1, 0.15) is 36.3 Å². The molecule has 2 aromatic heterocycles. The minimum absolute atomic E-state index is 0. The van der Waals surface area contributed by atoms with Crippen LogP contribution in [-0.4, -0.2) is 26.6 Å². The van der Waals surface area contributed by atoms with Gasteiger partial charge in [0.1, 0.15) is 11.5 Å². The molecule has 0 spiro atoms. The first kappa shape index (κ1) is 19.8. The zero-order valence-electron chi connectivity index (χ0n) is 15.0. The number of anilines is 1. The van der Waals surface area contributed by atoms with Gasteiger partial charge in [0.05, 0.1) is 10.9 Å². The Morgan fingerprint density at radius 2 is 2.07 bits per heavy atom. The third-order valence-electron chi connectivity index (χ3n) is 4.66. The van der Waals surface area contributed by atoms with E-state index in [4.69, 9.17) is 16.7 Å². The predicted molar refractivity (Wildman–Crippen MR) is 117 cm³/mol. The van der Waals surface area contributed by atoms with Crippen molar-refractivity contribution in [2.75, 3.05) is 11.1 Å². The lowest BCUT2D eigenvalue weighted by atomic mass is 9.98. The molecule has 2 unspecified atom stereocenters. The molecular formula is C21H25ClN4S. The zero-order chi connectivity index (χ0) is 18.3. The minimum atomic E-state index is 0. The van der Waals surface area contributed by atoms with Gasteiger partial charge < -0.3 is 5.32 Å². The Kier molecular flexibility index (Phi) is 5.82. The Balaban J connectivity index is 0.00000210. The van der Waals surface area contributed by atoms with Gasteiger partial charge >= 0.3 is 0 Å². The fraction of sp³-hybridized carbons (Fsp3) is 0.333. The Hall–Kier alpha value is -1.98. The number of nitrogens with zero attached hydrogens (tertiary/aromatic N) is 3. The Morgan fingerprint density at radius 1 is 1.26 bits per heavy atom. The van der Waals surface area contributed by atoms with E-state index in [1.807, 2.05) is 60.0 Å². The second kappa shape index (κ2) is 7.95. The van der Waals surface area contributed by atoms with Gasteiger partial charge in [0.15, 0.2) is 0 Å². The summed E-state index contributed by atoms with van der Waals surface area (Å²) in [5.41, 5.74) is 5.52. The molecule has 0 amide bonds. The molecular weight excluding hydrogens is 376 g/mol. The first-order valence-electron chi connectivity index (χ1n) is 8.67. The molecule has 3 aromatic rings. The number of rotatable bonds is 2. The highest BCUT2D eigenvalue weighted by Crippen LogP contribution is 2.47. The second-order valence-corrected chi connectivity index (χ2v) is 8.28. The van der Waals surface area contributed by atoms with Gasteiger partial charge in [-0.15, -0.1) is 11.8 Å². The first-order valence-corrected chi connectivity index (χ1v) is 10.1. The van der Waals surface area contributed by atoms with Crippen LogP contribution in [0.15, 0.2) is 42.6 Å².